The SMILES string of the molecule is COc1ccc(NC(=O)CN(c2ccc(C)cc2C)S(=O)(=O)c2ccccc2)c(OC)c1. The zero-order chi connectivity index (χ0) is 23.3. The van der Waals surface area contributed by atoms with Crippen LogP contribution in [0.5, 0.6) is 11.5 Å². The van der Waals surface area contributed by atoms with E-state index in [4.69, 9.17) is 9.47 Å². The van der Waals surface area contributed by atoms with E-state index < -0.39 is 22.5 Å². The van der Waals surface area contributed by atoms with Crippen LogP contribution in [0.25, 0.3) is 0 Å². The van der Waals surface area contributed by atoms with Crippen LogP contribution < -0.4 is 19.1 Å². The Morgan fingerprint density at radius 1 is 0.938 bits per heavy atom. The summed E-state index contributed by atoms with van der Waals surface area (Å²) in [5.41, 5.74) is 2.60. The zero-order valence-electron chi connectivity index (χ0n) is 18.5. The summed E-state index contributed by atoms with van der Waals surface area (Å²) in [5.74, 6) is 0.470. The van der Waals surface area contributed by atoms with Crippen molar-refractivity contribution < 1.29 is 22.7 Å². The molecule has 0 aliphatic heterocycles. The van der Waals surface area contributed by atoms with Crippen molar-refractivity contribution in [2.45, 2.75) is 18.7 Å². The molecular formula is C24H26N2O5S. The Kier molecular flexibility index (Phi) is 7.05. The molecule has 32 heavy (non-hydrogen) atoms. The van der Waals surface area contributed by atoms with Crippen molar-refractivity contribution in [3.05, 3.63) is 77.9 Å². The van der Waals surface area contributed by atoms with Crippen LogP contribution in [0, 0.1) is 13.8 Å². The van der Waals surface area contributed by atoms with E-state index in [1.807, 2.05) is 26.0 Å². The minimum Gasteiger partial charge on any atom is -0.497 e. The monoisotopic (exact) mass is 454 g/mol. The van der Waals surface area contributed by atoms with Crippen molar-refractivity contribution in [3.63, 3.8) is 0 Å². The molecule has 7 nitrogen and oxygen atoms in total. The number of hydrogen-bond donors (Lipinski definition) is 1. The maximum Gasteiger partial charge on any atom is 0.264 e. The lowest BCUT2D eigenvalue weighted by molar-refractivity contribution is -0.114. The zero-order valence-corrected chi connectivity index (χ0v) is 19.3. The number of aryl methyl sites for hydroxylation is 2. The molecule has 0 aliphatic carbocycles. The summed E-state index contributed by atoms with van der Waals surface area (Å²) in [6.45, 7) is 3.34. The Hall–Kier alpha value is -3.52. The van der Waals surface area contributed by atoms with Crippen LogP contribution in [-0.2, 0) is 14.8 Å². The number of anilines is 2. The number of sulfonamides is 1. The number of benzene rings is 3. The van der Waals surface area contributed by atoms with Crippen LogP contribution in [0.4, 0.5) is 11.4 Å². The smallest absolute Gasteiger partial charge is 0.264 e. The molecule has 3 aromatic carbocycles. The van der Waals surface area contributed by atoms with E-state index >= 15 is 0 Å². The molecule has 0 atom stereocenters. The van der Waals surface area contributed by atoms with Crippen LogP contribution >= 0.6 is 0 Å². The molecule has 0 saturated heterocycles. The Morgan fingerprint density at radius 3 is 2.28 bits per heavy atom. The van der Waals surface area contributed by atoms with E-state index in [9.17, 15) is 13.2 Å². The van der Waals surface area contributed by atoms with Crippen molar-refractivity contribution in [2.75, 3.05) is 30.4 Å². The normalized spacial score (nSPS) is 11.0. The molecule has 8 heteroatoms. The third-order valence-electron chi connectivity index (χ3n) is 4.92. The van der Waals surface area contributed by atoms with Gasteiger partial charge in [-0.15, -0.1) is 0 Å². The minimum absolute atomic E-state index is 0.106. The van der Waals surface area contributed by atoms with Crippen molar-refractivity contribution in [2.24, 2.45) is 0 Å². The van der Waals surface area contributed by atoms with Gasteiger partial charge < -0.3 is 14.8 Å². The number of rotatable bonds is 8. The Bertz CT molecular complexity index is 1210. The second-order valence-corrected chi connectivity index (χ2v) is 9.09. The maximum absolute atomic E-state index is 13.5. The molecule has 0 bridgehead atoms. The van der Waals surface area contributed by atoms with Gasteiger partial charge in [-0.1, -0.05) is 35.9 Å². The highest BCUT2D eigenvalue weighted by molar-refractivity contribution is 7.92. The topological polar surface area (TPSA) is 84.9 Å². The van der Waals surface area contributed by atoms with Crippen LogP contribution in [0.1, 0.15) is 11.1 Å². The van der Waals surface area contributed by atoms with E-state index in [1.54, 1.807) is 42.5 Å². The molecule has 3 rings (SSSR count). The Morgan fingerprint density at radius 2 is 1.66 bits per heavy atom. The first kappa shape index (κ1) is 23.1. The third-order valence-corrected chi connectivity index (χ3v) is 6.70. The highest BCUT2D eigenvalue weighted by atomic mass is 32.2. The van der Waals surface area contributed by atoms with Gasteiger partial charge >= 0.3 is 0 Å². The number of amides is 1. The lowest BCUT2D eigenvalue weighted by Gasteiger charge is -2.26. The van der Waals surface area contributed by atoms with Crippen molar-refractivity contribution >= 4 is 27.3 Å². The minimum atomic E-state index is -3.98. The molecule has 0 aliphatic rings. The molecule has 0 spiro atoms. The summed E-state index contributed by atoms with van der Waals surface area (Å²) >= 11 is 0. The molecule has 0 unspecified atom stereocenters. The quantitative estimate of drug-likeness (QED) is 0.553. The van der Waals surface area contributed by atoms with Crippen LogP contribution in [0.3, 0.4) is 0 Å². The number of nitrogens with zero attached hydrogens (tertiary/aromatic N) is 1. The highest BCUT2D eigenvalue weighted by Gasteiger charge is 2.28. The first-order valence-electron chi connectivity index (χ1n) is 9.93. The molecule has 0 saturated carbocycles. The van der Waals surface area contributed by atoms with Crippen molar-refractivity contribution in [1.29, 1.82) is 0 Å². The number of carbonyl (C=O) groups is 1. The predicted octanol–water partition coefficient (Wildman–Crippen LogP) is 4.15. The second kappa shape index (κ2) is 9.74. The third kappa shape index (κ3) is 5.03. The predicted molar refractivity (Wildman–Crippen MR) is 125 cm³/mol. The summed E-state index contributed by atoms with van der Waals surface area (Å²) in [5, 5.41) is 2.74. The average molecular weight is 455 g/mol. The Balaban J connectivity index is 1.97. The highest BCUT2D eigenvalue weighted by Crippen LogP contribution is 2.30. The largest absolute Gasteiger partial charge is 0.497 e. The van der Waals surface area contributed by atoms with Gasteiger partial charge in [0.05, 0.1) is 30.5 Å². The van der Waals surface area contributed by atoms with E-state index in [-0.39, 0.29) is 4.90 Å². The van der Waals surface area contributed by atoms with E-state index in [2.05, 4.69) is 5.32 Å². The molecular weight excluding hydrogens is 428 g/mol. The number of ether oxygens (including phenoxy) is 2. The average Bonchev–Trinajstić information content (AvgIpc) is 2.78. The van der Waals surface area contributed by atoms with Gasteiger partial charge in [-0.2, -0.15) is 0 Å². The first-order valence-corrected chi connectivity index (χ1v) is 11.4. The fourth-order valence-corrected chi connectivity index (χ4v) is 4.83. The maximum atomic E-state index is 13.5. The number of carbonyl (C=O) groups excluding carboxylic acids is 1. The van der Waals surface area contributed by atoms with Gasteiger partial charge in [0.1, 0.15) is 18.0 Å². The van der Waals surface area contributed by atoms with Gasteiger partial charge in [0.15, 0.2) is 0 Å². The summed E-state index contributed by atoms with van der Waals surface area (Å²) < 4.78 is 38.6. The van der Waals surface area contributed by atoms with Crippen molar-refractivity contribution in [1.82, 2.24) is 0 Å². The standard InChI is InChI=1S/C24H26N2O5S/c1-17-10-13-22(18(2)14-17)26(32(28,29)20-8-6-5-7-9-20)16-24(27)25-21-12-11-19(30-3)15-23(21)31-4/h5-15H,16H2,1-4H3,(H,25,27). The van der Waals surface area contributed by atoms with E-state index in [1.165, 1.54) is 26.4 Å². The number of hydrogen-bond acceptors (Lipinski definition) is 5. The summed E-state index contributed by atoms with van der Waals surface area (Å²) in [6, 6.07) is 18.4. The van der Waals surface area contributed by atoms with Gasteiger partial charge in [0, 0.05) is 6.07 Å². The molecule has 1 amide bonds. The molecule has 0 fully saturated rings. The van der Waals surface area contributed by atoms with Crippen LogP contribution in [0.15, 0.2) is 71.6 Å². The van der Waals surface area contributed by atoms with Gasteiger partial charge in [-0.3, -0.25) is 9.10 Å². The van der Waals surface area contributed by atoms with Gasteiger partial charge in [-0.25, -0.2) is 8.42 Å². The first-order chi connectivity index (χ1) is 15.3. The summed E-state index contributed by atoms with van der Waals surface area (Å²) in [4.78, 5) is 13.1. The Labute approximate surface area is 188 Å². The summed E-state index contributed by atoms with van der Waals surface area (Å²) in [7, 11) is -0.972. The molecule has 0 heterocycles. The van der Waals surface area contributed by atoms with Gasteiger partial charge in [0.25, 0.3) is 10.0 Å². The fraction of sp³-hybridized carbons (Fsp3) is 0.208. The van der Waals surface area contributed by atoms with Crippen LogP contribution in [0.2, 0.25) is 0 Å². The van der Waals surface area contributed by atoms with E-state index in [0.717, 1.165) is 15.4 Å². The summed E-state index contributed by atoms with van der Waals surface area (Å²) in [6.07, 6.45) is 0. The lowest BCUT2D eigenvalue weighted by Crippen LogP contribution is -2.38. The van der Waals surface area contributed by atoms with Crippen LogP contribution in [-0.4, -0.2) is 35.1 Å². The fourth-order valence-electron chi connectivity index (χ4n) is 3.33. The van der Waals surface area contributed by atoms with Crippen molar-refractivity contribution in [3.8, 4) is 11.5 Å². The number of methoxy groups -OCH3 is 2. The molecule has 3 aromatic rings. The second-order valence-electron chi connectivity index (χ2n) is 7.23. The van der Waals surface area contributed by atoms with Gasteiger partial charge in [0.2, 0.25) is 5.91 Å². The molecule has 0 radical (unpaired) electrons. The number of nitrogens with one attached hydrogen (secondary N) is 1. The van der Waals surface area contributed by atoms with E-state index in [0.29, 0.717) is 22.9 Å². The lowest BCUT2D eigenvalue weighted by atomic mass is 10.1. The molecule has 168 valence electrons. The van der Waals surface area contributed by atoms with Gasteiger partial charge in [-0.05, 0) is 49.7 Å². The molecule has 0 aromatic heterocycles. The molecule has 1 N–H and O–H groups in total.